The van der Waals surface area contributed by atoms with Crippen LogP contribution in [0.4, 0.5) is 27.6 Å². The zero-order valence-corrected chi connectivity index (χ0v) is 22.0. The van der Waals surface area contributed by atoms with E-state index >= 15 is 0 Å². The largest absolute Gasteiger partial charge is 0.493 e. The van der Waals surface area contributed by atoms with Gasteiger partial charge in [-0.1, -0.05) is 13.0 Å². The number of pyridine rings is 1. The monoisotopic (exact) mass is 556 g/mol. The first-order chi connectivity index (χ1) is 18.2. The first kappa shape index (κ1) is 28.7. The molecule has 1 aromatic heterocycles. The van der Waals surface area contributed by atoms with E-state index in [1.165, 1.54) is 25.3 Å². The number of benzene rings is 1. The van der Waals surface area contributed by atoms with E-state index in [0.29, 0.717) is 13.1 Å². The number of rotatable bonds is 6. The molecule has 0 saturated carbocycles. The van der Waals surface area contributed by atoms with Crippen LogP contribution in [0.2, 0.25) is 0 Å². The highest BCUT2D eigenvalue weighted by Crippen LogP contribution is 2.55. The van der Waals surface area contributed by atoms with Crippen molar-refractivity contribution in [2.24, 2.45) is 5.92 Å². The maximum absolute atomic E-state index is 14.5. The van der Waals surface area contributed by atoms with E-state index in [1.807, 2.05) is 19.0 Å². The zero-order valence-electron chi connectivity index (χ0n) is 22.0. The Bertz CT molecular complexity index is 1270. The van der Waals surface area contributed by atoms with E-state index in [9.17, 15) is 31.5 Å². The SMILES string of the molecule is COc1c([C@H]2[C@H](C(=O)Nc3ccnc(C(=O)N4CC(N(C)C)C4)c3)O[C@@](C)(C(F)(F)F)[C@H]2C)ccc(F)c1F. The van der Waals surface area contributed by atoms with Gasteiger partial charge in [-0.25, -0.2) is 4.39 Å². The van der Waals surface area contributed by atoms with E-state index in [-0.39, 0.29) is 28.9 Å². The molecule has 3 heterocycles. The highest BCUT2D eigenvalue weighted by molar-refractivity contribution is 5.98. The molecule has 2 aliphatic rings. The third-order valence-corrected chi connectivity index (χ3v) is 7.70. The van der Waals surface area contributed by atoms with Crippen molar-refractivity contribution in [2.45, 2.75) is 43.7 Å². The number of carbonyl (C=O) groups excluding carboxylic acids is 2. The number of likely N-dealkylation sites (N-methyl/N-ethyl adjacent to an activating group) is 1. The Morgan fingerprint density at radius 2 is 1.87 bits per heavy atom. The van der Waals surface area contributed by atoms with Crippen molar-refractivity contribution in [2.75, 3.05) is 39.6 Å². The second kappa shape index (κ2) is 10.3. The van der Waals surface area contributed by atoms with E-state index in [1.54, 1.807) is 4.90 Å². The van der Waals surface area contributed by atoms with Crippen LogP contribution in [-0.4, -0.2) is 84.8 Å². The Morgan fingerprint density at radius 1 is 1.21 bits per heavy atom. The summed E-state index contributed by atoms with van der Waals surface area (Å²) in [6.45, 7) is 3.04. The normalized spacial score (nSPS) is 25.5. The molecule has 2 saturated heterocycles. The average Bonchev–Trinajstić information content (AvgIpc) is 3.11. The van der Waals surface area contributed by atoms with Crippen LogP contribution in [-0.2, 0) is 9.53 Å². The van der Waals surface area contributed by atoms with Gasteiger partial charge >= 0.3 is 6.18 Å². The number of anilines is 1. The van der Waals surface area contributed by atoms with Crippen LogP contribution in [0.5, 0.6) is 5.75 Å². The lowest BCUT2D eigenvalue weighted by Gasteiger charge is -2.42. The fraction of sp³-hybridized carbons (Fsp3) is 0.500. The van der Waals surface area contributed by atoms with E-state index in [2.05, 4.69) is 10.3 Å². The van der Waals surface area contributed by atoms with Crippen molar-refractivity contribution in [3.63, 3.8) is 0 Å². The van der Waals surface area contributed by atoms with Crippen molar-refractivity contribution in [3.8, 4) is 5.75 Å². The van der Waals surface area contributed by atoms with Crippen molar-refractivity contribution in [1.29, 1.82) is 0 Å². The lowest BCUT2D eigenvalue weighted by molar-refractivity contribution is -0.272. The number of likely N-dealkylation sites (tertiary alicyclic amines) is 1. The predicted octanol–water partition coefficient (Wildman–Crippen LogP) is 3.83. The Hall–Kier alpha value is -3.32. The second-order valence-corrected chi connectivity index (χ2v) is 10.2. The van der Waals surface area contributed by atoms with Gasteiger partial charge in [0.05, 0.1) is 7.11 Å². The molecule has 39 heavy (non-hydrogen) atoms. The number of halogens is 5. The second-order valence-electron chi connectivity index (χ2n) is 10.2. The van der Waals surface area contributed by atoms with Crippen molar-refractivity contribution in [1.82, 2.24) is 14.8 Å². The number of hydrogen-bond acceptors (Lipinski definition) is 6. The van der Waals surface area contributed by atoms with Gasteiger partial charge in [-0.15, -0.1) is 0 Å². The van der Waals surface area contributed by atoms with Gasteiger partial charge in [0.2, 0.25) is 5.82 Å². The van der Waals surface area contributed by atoms with Crippen LogP contribution in [0.15, 0.2) is 30.5 Å². The molecule has 0 unspecified atom stereocenters. The van der Waals surface area contributed by atoms with Crippen LogP contribution in [0, 0.1) is 17.6 Å². The minimum atomic E-state index is -4.89. The highest BCUT2D eigenvalue weighted by atomic mass is 19.4. The van der Waals surface area contributed by atoms with Gasteiger partial charge in [-0.2, -0.15) is 17.6 Å². The fourth-order valence-electron chi connectivity index (χ4n) is 4.99. The smallest absolute Gasteiger partial charge is 0.417 e. The molecule has 0 aliphatic carbocycles. The molecule has 1 N–H and O–H groups in total. The summed E-state index contributed by atoms with van der Waals surface area (Å²) in [4.78, 5) is 33.8. The number of carbonyl (C=O) groups is 2. The minimum Gasteiger partial charge on any atom is -0.493 e. The Morgan fingerprint density at radius 3 is 2.46 bits per heavy atom. The highest BCUT2D eigenvalue weighted by Gasteiger charge is 2.66. The quantitative estimate of drug-likeness (QED) is 0.545. The molecule has 4 rings (SSSR count). The topological polar surface area (TPSA) is 84.0 Å². The molecule has 0 spiro atoms. The number of nitrogens with one attached hydrogen (secondary N) is 1. The first-order valence-electron chi connectivity index (χ1n) is 12.2. The standard InChI is InChI=1S/C26H29F5N4O4/c1-13-19(16-6-7-17(27)20(28)21(16)38-5)22(39-25(13,2)26(29,30)31)23(36)33-14-8-9-32-18(10-14)24(37)35-11-15(12-35)34(3)4/h6-10,13,15,19,22H,11-12H2,1-5H3,(H,32,33,36)/t13-,19-,22+,25+/m0/s1. The molecule has 4 atom stereocenters. The Balaban J connectivity index is 1.63. The number of hydrogen-bond donors (Lipinski definition) is 1. The summed E-state index contributed by atoms with van der Waals surface area (Å²) < 4.78 is 81.2. The summed E-state index contributed by atoms with van der Waals surface area (Å²) in [5.41, 5.74) is -2.77. The van der Waals surface area contributed by atoms with Gasteiger partial charge in [0.1, 0.15) is 11.8 Å². The molecule has 2 fully saturated rings. The zero-order chi connectivity index (χ0) is 28.9. The van der Waals surface area contributed by atoms with E-state index in [4.69, 9.17) is 9.47 Å². The number of ether oxygens (including phenoxy) is 2. The minimum absolute atomic E-state index is 0.0460. The molecule has 0 bridgehead atoms. The average molecular weight is 557 g/mol. The molecule has 2 aromatic rings. The van der Waals surface area contributed by atoms with Gasteiger partial charge in [0, 0.05) is 48.4 Å². The van der Waals surface area contributed by atoms with Gasteiger partial charge in [0.25, 0.3) is 11.8 Å². The summed E-state index contributed by atoms with van der Waals surface area (Å²) in [7, 11) is 4.85. The number of methoxy groups -OCH3 is 1. The van der Waals surface area contributed by atoms with Crippen LogP contribution in [0.3, 0.4) is 0 Å². The number of nitrogens with zero attached hydrogens (tertiary/aromatic N) is 3. The van der Waals surface area contributed by atoms with Gasteiger partial charge in [-0.05, 0) is 39.2 Å². The molecule has 2 aliphatic heterocycles. The van der Waals surface area contributed by atoms with E-state index < -0.39 is 53.0 Å². The third kappa shape index (κ3) is 5.05. The molecule has 2 amide bonds. The third-order valence-electron chi connectivity index (χ3n) is 7.70. The lowest BCUT2D eigenvalue weighted by Crippen LogP contribution is -2.59. The summed E-state index contributed by atoms with van der Waals surface area (Å²) in [5, 5.41) is 2.50. The van der Waals surface area contributed by atoms with Crippen LogP contribution >= 0.6 is 0 Å². The van der Waals surface area contributed by atoms with Crippen LogP contribution in [0.1, 0.15) is 35.8 Å². The molecule has 0 radical (unpaired) electrons. The predicted molar refractivity (Wildman–Crippen MR) is 130 cm³/mol. The fourth-order valence-corrected chi connectivity index (χ4v) is 4.99. The number of alkyl halides is 3. The molecular formula is C26H29F5N4O4. The lowest BCUT2D eigenvalue weighted by atomic mass is 9.77. The van der Waals surface area contributed by atoms with Crippen LogP contribution in [0.25, 0.3) is 0 Å². The van der Waals surface area contributed by atoms with Crippen molar-refractivity contribution in [3.05, 3.63) is 53.4 Å². The maximum Gasteiger partial charge on any atom is 0.417 e. The summed E-state index contributed by atoms with van der Waals surface area (Å²) in [6.07, 6.45) is -5.35. The Labute approximate surface area is 222 Å². The number of amides is 2. The van der Waals surface area contributed by atoms with E-state index in [0.717, 1.165) is 26.2 Å². The first-order valence-corrected chi connectivity index (χ1v) is 12.2. The summed E-state index contributed by atoms with van der Waals surface area (Å²) in [5.74, 6) is -7.32. The molecular weight excluding hydrogens is 527 g/mol. The summed E-state index contributed by atoms with van der Waals surface area (Å²) in [6, 6.07) is 4.75. The molecule has 8 nitrogen and oxygen atoms in total. The maximum atomic E-state index is 14.5. The Kier molecular flexibility index (Phi) is 7.60. The summed E-state index contributed by atoms with van der Waals surface area (Å²) >= 11 is 0. The molecule has 1 aromatic carbocycles. The van der Waals surface area contributed by atoms with Crippen LogP contribution < -0.4 is 10.1 Å². The van der Waals surface area contributed by atoms with Gasteiger partial charge in [-0.3, -0.25) is 14.6 Å². The van der Waals surface area contributed by atoms with Crippen molar-refractivity contribution < 1.29 is 41.0 Å². The number of aromatic nitrogens is 1. The molecule has 13 heteroatoms. The van der Waals surface area contributed by atoms with Crippen molar-refractivity contribution >= 4 is 17.5 Å². The van der Waals surface area contributed by atoms with Gasteiger partial charge < -0.3 is 24.6 Å². The van der Waals surface area contributed by atoms with Gasteiger partial charge in [0.15, 0.2) is 17.2 Å². The molecule has 212 valence electrons.